The monoisotopic (exact) mass is 281 g/mol. The van der Waals surface area contributed by atoms with Crippen LogP contribution < -0.4 is 10.2 Å². The first-order valence-corrected chi connectivity index (χ1v) is 7.32. The maximum absolute atomic E-state index is 12.1. The third kappa shape index (κ3) is 4.22. The van der Waals surface area contributed by atoms with Gasteiger partial charge in [-0.05, 0) is 37.5 Å². The maximum Gasteiger partial charge on any atom is 0.279 e. The van der Waals surface area contributed by atoms with Gasteiger partial charge in [-0.1, -0.05) is 24.6 Å². The van der Waals surface area contributed by atoms with Crippen LogP contribution in [0, 0.1) is 12.8 Å². The molecule has 1 amide bonds. The summed E-state index contributed by atoms with van der Waals surface area (Å²) in [6, 6.07) is 5.57. The van der Waals surface area contributed by atoms with Crippen LogP contribution in [-0.2, 0) is 4.79 Å². The number of anilines is 1. The summed E-state index contributed by atoms with van der Waals surface area (Å²) in [6.45, 7) is 6.99. The smallest absolute Gasteiger partial charge is 0.279 e. The van der Waals surface area contributed by atoms with Crippen LogP contribution in [0.4, 0.5) is 5.69 Å². The second kappa shape index (κ2) is 6.40. The Balaban J connectivity index is 1.92. The molecular weight excluding hydrogens is 260 g/mol. The number of likely N-dealkylation sites (tertiary alicyclic amines) is 1. The highest BCUT2D eigenvalue weighted by Gasteiger charge is 2.22. The van der Waals surface area contributed by atoms with E-state index in [1.807, 2.05) is 25.1 Å². The van der Waals surface area contributed by atoms with Crippen molar-refractivity contribution in [1.29, 1.82) is 0 Å². The topological polar surface area (TPSA) is 33.5 Å². The molecule has 1 aliphatic heterocycles. The molecule has 0 radical (unpaired) electrons. The largest absolute Gasteiger partial charge is 0.327 e. The first kappa shape index (κ1) is 14.4. The summed E-state index contributed by atoms with van der Waals surface area (Å²) in [5, 5.41) is 3.62. The second-order valence-corrected chi connectivity index (χ2v) is 6.07. The van der Waals surface area contributed by atoms with E-state index in [1.54, 1.807) is 0 Å². The number of hydrogen-bond donors (Lipinski definition) is 2. The van der Waals surface area contributed by atoms with Gasteiger partial charge in [0.25, 0.3) is 5.91 Å². The molecule has 1 unspecified atom stereocenters. The molecule has 0 bridgehead atoms. The van der Waals surface area contributed by atoms with Gasteiger partial charge in [0.1, 0.15) is 0 Å². The van der Waals surface area contributed by atoms with E-state index in [-0.39, 0.29) is 5.91 Å². The predicted molar refractivity (Wildman–Crippen MR) is 78.8 cm³/mol. The van der Waals surface area contributed by atoms with Crippen LogP contribution in [0.1, 0.15) is 25.3 Å². The quantitative estimate of drug-likeness (QED) is 0.872. The van der Waals surface area contributed by atoms with E-state index in [0.29, 0.717) is 11.6 Å². The van der Waals surface area contributed by atoms with Gasteiger partial charge in [0.15, 0.2) is 6.54 Å². The van der Waals surface area contributed by atoms with Crippen molar-refractivity contribution >= 4 is 23.2 Å². The van der Waals surface area contributed by atoms with Gasteiger partial charge < -0.3 is 10.2 Å². The molecule has 0 spiro atoms. The zero-order chi connectivity index (χ0) is 13.8. The highest BCUT2D eigenvalue weighted by Crippen LogP contribution is 2.19. The van der Waals surface area contributed by atoms with E-state index in [1.165, 1.54) is 17.7 Å². The van der Waals surface area contributed by atoms with Gasteiger partial charge in [-0.15, -0.1) is 0 Å². The molecule has 2 N–H and O–H groups in total. The zero-order valence-corrected chi connectivity index (χ0v) is 12.4. The molecule has 2 atom stereocenters. The van der Waals surface area contributed by atoms with Gasteiger partial charge in [0.2, 0.25) is 0 Å². The summed E-state index contributed by atoms with van der Waals surface area (Å²) < 4.78 is 0. The Bertz CT molecular complexity index is 461. The van der Waals surface area contributed by atoms with Crippen molar-refractivity contribution in [2.45, 2.75) is 26.7 Å². The van der Waals surface area contributed by atoms with E-state index in [2.05, 4.69) is 12.2 Å². The molecule has 0 aliphatic carbocycles. The van der Waals surface area contributed by atoms with Crippen LogP contribution in [0.3, 0.4) is 0 Å². The number of hydrogen-bond acceptors (Lipinski definition) is 1. The predicted octanol–water partition coefficient (Wildman–Crippen LogP) is 1.90. The number of amides is 1. The number of halogens is 1. The Hall–Kier alpha value is -1.06. The summed E-state index contributed by atoms with van der Waals surface area (Å²) in [5.74, 6) is 0.805. The third-order valence-electron chi connectivity index (χ3n) is 3.75. The summed E-state index contributed by atoms with van der Waals surface area (Å²) in [7, 11) is 0. The average molecular weight is 282 g/mol. The highest BCUT2D eigenvalue weighted by atomic mass is 35.5. The third-order valence-corrected chi connectivity index (χ3v) is 3.98. The lowest BCUT2D eigenvalue weighted by molar-refractivity contribution is -0.900. The number of carbonyl (C=O) groups excluding carboxylic acids is 1. The van der Waals surface area contributed by atoms with Gasteiger partial charge in [0, 0.05) is 16.6 Å². The lowest BCUT2D eigenvalue weighted by Crippen LogP contribution is -3.14. The molecule has 2 rings (SSSR count). The molecule has 1 aromatic rings. The average Bonchev–Trinajstić information content (AvgIpc) is 2.34. The summed E-state index contributed by atoms with van der Waals surface area (Å²) >= 11 is 5.95. The van der Waals surface area contributed by atoms with Crippen LogP contribution in [-0.4, -0.2) is 25.5 Å². The fraction of sp³-hybridized carbons (Fsp3) is 0.533. The van der Waals surface area contributed by atoms with E-state index in [9.17, 15) is 4.79 Å². The van der Waals surface area contributed by atoms with Crippen molar-refractivity contribution in [3.8, 4) is 0 Å². The van der Waals surface area contributed by atoms with Crippen molar-refractivity contribution in [1.82, 2.24) is 0 Å². The van der Waals surface area contributed by atoms with Gasteiger partial charge in [-0.3, -0.25) is 4.79 Å². The molecular formula is C15H22ClN2O+. The molecule has 3 nitrogen and oxygen atoms in total. The number of carbonyl (C=O) groups is 1. The fourth-order valence-electron chi connectivity index (χ4n) is 2.71. The van der Waals surface area contributed by atoms with Crippen molar-refractivity contribution in [3.63, 3.8) is 0 Å². The lowest BCUT2D eigenvalue weighted by Gasteiger charge is -2.27. The van der Waals surface area contributed by atoms with Gasteiger partial charge >= 0.3 is 0 Å². The van der Waals surface area contributed by atoms with E-state index in [4.69, 9.17) is 11.6 Å². The van der Waals surface area contributed by atoms with Crippen molar-refractivity contribution in [2.24, 2.45) is 5.92 Å². The van der Waals surface area contributed by atoms with E-state index < -0.39 is 0 Å². The van der Waals surface area contributed by atoms with Crippen LogP contribution in [0.15, 0.2) is 18.2 Å². The first-order chi connectivity index (χ1) is 9.04. The number of piperidine rings is 1. The van der Waals surface area contributed by atoms with Crippen molar-refractivity contribution in [3.05, 3.63) is 28.8 Å². The Labute approximate surface area is 119 Å². The molecule has 1 fully saturated rings. The van der Waals surface area contributed by atoms with Crippen LogP contribution in [0.25, 0.3) is 0 Å². The number of benzene rings is 1. The summed E-state index contributed by atoms with van der Waals surface area (Å²) in [6.07, 6.45) is 2.51. The molecule has 1 heterocycles. The molecule has 1 saturated heterocycles. The molecule has 4 heteroatoms. The Morgan fingerprint density at radius 1 is 1.53 bits per heavy atom. The molecule has 0 aromatic heterocycles. The number of quaternary nitrogens is 1. The number of aryl methyl sites for hydroxylation is 1. The molecule has 19 heavy (non-hydrogen) atoms. The maximum atomic E-state index is 12.1. The van der Waals surface area contributed by atoms with Crippen molar-refractivity contribution in [2.75, 3.05) is 25.0 Å². The lowest BCUT2D eigenvalue weighted by atomic mass is 10.0. The number of nitrogens with one attached hydrogen (secondary N) is 2. The Kier molecular flexibility index (Phi) is 4.83. The van der Waals surface area contributed by atoms with E-state index in [0.717, 1.165) is 30.3 Å². The van der Waals surface area contributed by atoms with E-state index >= 15 is 0 Å². The minimum absolute atomic E-state index is 0.0782. The Morgan fingerprint density at radius 3 is 3.05 bits per heavy atom. The van der Waals surface area contributed by atoms with Crippen LogP contribution in [0.2, 0.25) is 5.02 Å². The van der Waals surface area contributed by atoms with Gasteiger partial charge in [-0.2, -0.15) is 0 Å². The van der Waals surface area contributed by atoms with Crippen molar-refractivity contribution < 1.29 is 9.69 Å². The fourth-order valence-corrected chi connectivity index (χ4v) is 2.88. The SMILES string of the molecule is Cc1ccc(Cl)cc1NC(=O)C[NH+]1CCC[C@H](C)C1. The summed E-state index contributed by atoms with van der Waals surface area (Å²) in [5.41, 5.74) is 1.86. The molecule has 104 valence electrons. The van der Waals surface area contributed by atoms with Gasteiger partial charge in [-0.25, -0.2) is 0 Å². The second-order valence-electron chi connectivity index (χ2n) is 5.64. The standard InChI is InChI=1S/C15H21ClN2O/c1-11-4-3-7-18(9-11)10-15(19)17-14-8-13(16)6-5-12(14)2/h5-6,8,11H,3-4,7,9-10H2,1-2H3,(H,17,19)/p+1/t11-/m0/s1. The van der Waals surface area contributed by atoms with Crippen LogP contribution >= 0.6 is 11.6 Å². The normalized spacial score (nSPS) is 23.1. The molecule has 0 saturated carbocycles. The minimum atomic E-state index is 0.0782. The summed E-state index contributed by atoms with van der Waals surface area (Å²) in [4.78, 5) is 13.5. The van der Waals surface area contributed by atoms with Crippen LogP contribution in [0.5, 0.6) is 0 Å². The molecule has 1 aromatic carbocycles. The molecule has 1 aliphatic rings. The van der Waals surface area contributed by atoms with Gasteiger partial charge in [0.05, 0.1) is 13.1 Å². The number of rotatable bonds is 3. The highest BCUT2D eigenvalue weighted by molar-refractivity contribution is 6.31. The minimum Gasteiger partial charge on any atom is -0.327 e. The zero-order valence-electron chi connectivity index (χ0n) is 11.6. The Morgan fingerprint density at radius 2 is 2.32 bits per heavy atom. The first-order valence-electron chi connectivity index (χ1n) is 6.94.